The van der Waals surface area contributed by atoms with Crippen molar-refractivity contribution in [3.63, 3.8) is 0 Å². The number of rotatable bonds is 7. The monoisotopic (exact) mass is 459 g/mol. The van der Waals surface area contributed by atoms with Crippen LogP contribution in [0.5, 0.6) is 0 Å². The quantitative estimate of drug-likeness (QED) is 0.316. The molecule has 152 valence electrons. The fourth-order valence-electron chi connectivity index (χ4n) is 2.68. The molecule has 0 saturated carbocycles. The van der Waals surface area contributed by atoms with E-state index < -0.39 is 6.04 Å². The summed E-state index contributed by atoms with van der Waals surface area (Å²) in [5, 5.41) is 14.0. The lowest BCUT2D eigenvalue weighted by Gasteiger charge is -2.20. The number of aromatic nitrogens is 1. The Kier molecular flexibility index (Phi) is 7.41. The summed E-state index contributed by atoms with van der Waals surface area (Å²) in [4.78, 5) is 20.9. The third kappa shape index (κ3) is 5.57. The number of carbonyl (C=O) groups is 1. The van der Waals surface area contributed by atoms with Crippen LogP contribution in [0.15, 0.2) is 65.8 Å². The zero-order chi connectivity index (χ0) is 21.5. The second kappa shape index (κ2) is 10.2. The second-order valence-corrected chi connectivity index (χ2v) is 7.39. The molecule has 0 fully saturated rings. The SMILES string of the molecule is N=C/N=C\Nc1ccc(C(=O)NC(c2ccc(Cl)cc2)c2ncc(Cl)cc2Cl)cc1. The number of benzene rings is 2. The van der Waals surface area contributed by atoms with Gasteiger partial charge in [0.2, 0.25) is 0 Å². The number of hydrogen-bond donors (Lipinski definition) is 3. The Bertz CT molecular complexity index is 1070. The van der Waals surface area contributed by atoms with E-state index in [9.17, 15) is 4.79 Å². The number of pyridine rings is 1. The molecule has 30 heavy (non-hydrogen) atoms. The van der Waals surface area contributed by atoms with Crippen LogP contribution in [0.3, 0.4) is 0 Å². The molecule has 9 heteroatoms. The Labute approximate surface area is 188 Å². The Balaban J connectivity index is 1.87. The first-order valence-electron chi connectivity index (χ1n) is 8.72. The highest BCUT2D eigenvalue weighted by Crippen LogP contribution is 2.29. The molecule has 1 aromatic heterocycles. The molecule has 0 radical (unpaired) electrons. The Morgan fingerprint density at radius 3 is 2.37 bits per heavy atom. The molecule has 1 atom stereocenters. The van der Waals surface area contributed by atoms with E-state index in [1.54, 1.807) is 54.6 Å². The van der Waals surface area contributed by atoms with E-state index in [4.69, 9.17) is 40.2 Å². The smallest absolute Gasteiger partial charge is 0.252 e. The van der Waals surface area contributed by atoms with E-state index in [0.29, 0.717) is 26.3 Å². The molecule has 1 unspecified atom stereocenters. The molecule has 0 aliphatic heterocycles. The number of aliphatic imine (C=N–C) groups is 1. The molecule has 6 nitrogen and oxygen atoms in total. The minimum absolute atomic E-state index is 0.303. The minimum Gasteiger partial charge on any atom is -0.346 e. The van der Waals surface area contributed by atoms with Crippen LogP contribution in [0.1, 0.15) is 27.7 Å². The van der Waals surface area contributed by atoms with Crippen molar-refractivity contribution in [1.82, 2.24) is 10.3 Å². The molecule has 1 heterocycles. The second-order valence-electron chi connectivity index (χ2n) is 6.11. The maximum absolute atomic E-state index is 12.9. The number of nitrogens with zero attached hydrogens (tertiary/aromatic N) is 2. The number of amides is 1. The van der Waals surface area contributed by atoms with Gasteiger partial charge in [0.05, 0.1) is 28.1 Å². The predicted molar refractivity (Wildman–Crippen MR) is 122 cm³/mol. The van der Waals surface area contributed by atoms with Crippen LogP contribution in [0, 0.1) is 5.41 Å². The summed E-state index contributed by atoms with van der Waals surface area (Å²) in [5.74, 6) is -0.303. The van der Waals surface area contributed by atoms with Crippen LogP contribution in [-0.4, -0.2) is 23.6 Å². The fourth-order valence-corrected chi connectivity index (χ4v) is 3.30. The summed E-state index contributed by atoms with van der Waals surface area (Å²) >= 11 is 18.3. The van der Waals surface area contributed by atoms with Gasteiger partial charge in [0, 0.05) is 22.5 Å². The first kappa shape index (κ1) is 21.8. The number of anilines is 1. The van der Waals surface area contributed by atoms with Crippen molar-refractivity contribution in [3.8, 4) is 0 Å². The summed E-state index contributed by atoms with van der Waals surface area (Å²) in [6, 6.07) is 14.9. The van der Waals surface area contributed by atoms with Gasteiger partial charge in [-0.1, -0.05) is 46.9 Å². The highest BCUT2D eigenvalue weighted by molar-refractivity contribution is 6.34. The van der Waals surface area contributed by atoms with Crippen molar-refractivity contribution in [1.29, 1.82) is 5.41 Å². The topological polar surface area (TPSA) is 90.2 Å². The molecular formula is C21H16Cl3N5O. The highest BCUT2D eigenvalue weighted by Gasteiger charge is 2.22. The minimum atomic E-state index is -0.600. The lowest BCUT2D eigenvalue weighted by atomic mass is 10.0. The van der Waals surface area contributed by atoms with Crippen molar-refractivity contribution in [3.05, 3.63) is 92.7 Å². The van der Waals surface area contributed by atoms with Gasteiger partial charge in [0.25, 0.3) is 5.91 Å². The Morgan fingerprint density at radius 2 is 1.73 bits per heavy atom. The van der Waals surface area contributed by atoms with E-state index in [1.165, 1.54) is 12.5 Å². The summed E-state index contributed by atoms with van der Waals surface area (Å²) in [5.41, 5.74) is 2.42. The maximum atomic E-state index is 12.9. The van der Waals surface area contributed by atoms with Crippen LogP contribution < -0.4 is 10.6 Å². The molecule has 3 N–H and O–H groups in total. The van der Waals surface area contributed by atoms with Gasteiger partial charge >= 0.3 is 0 Å². The summed E-state index contributed by atoms with van der Waals surface area (Å²) in [7, 11) is 0. The van der Waals surface area contributed by atoms with E-state index in [-0.39, 0.29) is 5.91 Å². The van der Waals surface area contributed by atoms with Gasteiger partial charge < -0.3 is 10.6 Å². The van der Waals surface area contributed by atoms with Crippen molar-refractivity contribution >= 4 is 59.1 Å². The summed E-state index contributed by atoms with van der Waals surface area (Å²) < 4.78 is 0. The number of hydrogen-bond acceptors (Lipinski definition) is 3. The highest BCUT2D eigenvalue weighted by atomic mass is 35.5. The van der Waals surface area contributed by atoms with Gasteiger partial charge in [-0.25, -0.2) is 4.99 Å². The Hall–Kier alpha value is -2.93. The first-order chi connectivity index (χ1) is 14.5. The number of nitrogens with one attached hydrogen (secondary N) is 3. The zero-order valence-corrected chi connectivity index (χ0v) is 17.7. The van der Waals surface area contributed by atoms with Crippen LogP contribution in [0.25, 0.3) is 0 Å². The Morgan fingerprint density at radius 1 is 1.03 bits per heavy atom. The molecule has 0 aliphatic carbocycles. The largest absolute Gasteiger partial charge is 0.346 e. The summed E-state index contributed by atoms with van der Waals surface area (Å²) in [6.07, 6.45) is 3.78. The summed E-state index contributed by atoms with van der Waals surface area (Å²) in [6.45, 7) is 0. The van der Waals surface area contributed by atoms with Crippen LogP contribution in [0.4, 0.5) is 5.69 Å². The van der Waals surface area contributed by atoms with E-state index in [0.717, 1.165) is 17.6 Å². The molecule has 0 bridgehead atoms. The van der Waals surface area contributed by atoms with Crippen molar-refractivity contribution < 1.29 is 4.79 Å². The molecule has 0 aliphatic rings. The average molecular weight is 461 g/mol. The molecule has 2 aromatic carbocycles. The number of halogens is 3. The van der Waals surface area contributed by atoms with Crippen LogP contribution >= 0.6 is 34.8 Å². The standard InChI is InChI=1S/C21H16Cl3N5O/c22-15-5-1-13(2-6-15)19(20-18(24)9-16(23)10-27-20)29-21(30)14-3-7-17(8-4-14)28-12-26-11-25/h1-12,19H,(H,29,30)(H2,25,26,28). The van der Waals surface area contributed by atoms with Crippen molar-refractivity contribution in [2.45, 2.75) is 6.04 Å². The van der Waals surface area contributed by atoms with Crippen LogP contribution in [-0.2, 0) is 0 Å². The van der Waals surface area contributed by atoms with Gasteiger partial charge in [-0.2, -0.15) is 0 Å². The fraction of sp³-hybridized carbons (Fsp3) is 0.0476. The van der Waals surface area contributed by atoms with Crippen molar-refractivity contribution in [2.75, 3.05) is 5.32 Å². The number of carbonyl (C=O) groups excluding carboxylic acids is 1. The van der Waals surface area contributed by atoms with Gasteiger partial charge in [-0.05, 0) is 48.0 Å². The average Bonchev–Trinajstić information content (AvgIpc) is 2.74. The molecule has 1 amide bonds. The van der Waals surface area contributed by atoms with E-state index in [2.05, 4.69) is 20.6 Å². The normalized spacial score (nSPS) is 11.8. The van der Waals surface area contributed by atoms with E-state index in [1.807, 2.05) is 0 Å². The van der Waals surface area contributed by atoms with Gasteiger partial charge in [0.1, 0.15) is 6.34 Å². The third-order valence-electron chi connectivity index (χ3n) is 4.12. The van der Waals surface area contributed by atoms with E-state index >= 15 is 0 Å². The van der Waals surface area contributed by atoms with Gasteiger partial charge in [-0.15, -0.1) is 0 Å². The molecule has 3 aromatic rings. The first-order valence-corrected chi connectivity index (χ1v) is 9.86. The third-order valence-corrected chi connectivity index (χ3v) is 4.88. The van der Waals surface area contributed by atoms with Gasteiger partial charge in [0.15, 0.2) is 0 Å². The molecule has 0 saturated heterocycles. The molecular weight excluding hydrogens is 445 g/mol. The lowest BCUT2D eigenvalue weighted by Crippen LogP contribution is -2.30. The van der Waals surface area contributed by atoms with Gasteiger partial charge in [-0.3, -0.25) is 15.2 Å². The predicted octanol–water partition coefficient (Wildman–Crippen LogP) is 5.61. The molecule has 0 spiro atoms. The maximum Gasteiger partial charge on any atom is 0.252 e. The van der Waals surface area contributed by atoms with Crippen LogP contribution in [0.2, 0.25) is 15.1 Å². The van der Waals surface area contributed by atoms with Crippen molar-refractivity contribution in [2.24, 2.45) is 4.99 Å². The zero-order valence-electron chi connectivity index (χ0n) is 15.4. The lowest BCUT2D eigenvalue weighted by molar-refractivity contribution is 0.0942. The molecule has 3 rings (SSSR count).